The van der Waals surface area contributed by atoms with Gasteiger partial charge in [0.1, 0.15) is 12.4 Å². The first-order valence-corrected chi connectivity index (χ1v) is 10.7. The van der Waals surface area contributed by atoms with E-state index in [9.17, 15) is 4.79 Å². The standard InChI is InChI=1S/C23H32N4O3/c1-25(2)23(28)16-30-22-12-19-15-26(13-17-7-4-5-8-21(17)29-3)14-18(19)11-20(22)27-10-6-9-24-27/h4-10,18-20,22H,11-16H2,1-3H3/t18-,19+,20-,22-/m0/s1. The molecule has 0 radical (unpaired) electrons. The van der Waals surface area contributed by atoms with Crippen molar-refractivity contribution in [3.8, 4) is 5.75 Å². The Balaban J connectivity index is 1.45. The summed E-state index contributed by atoms with van der Waals surface area (Å²) in [7, 11) is 5.26. The summed E-state index contributed by atoms with van der Waals surface area (Å²) in [4.78, 5) is 16.2. The number of carbonyl (C=O) groups excluding carboxylic acids is 1. The summed E-state index contributed by atoms with van der Waals surface area (Å²) in [5, 5.41) is 4.49. The second kappa shape index (κ2) is 9.18. The van der Waals surface area contributed by atoms with Crippen molar-refractivity contribution >= 4 is 5.91 Å². The van der Waals surface area contributed by atoms with Crippen molar-refractivity contribution in [1.29, 1.82) is 0 Å². The Morgan fingerprint density at radius 1 is 1.17 bits per heavy atom. The second-order valence-corrected chi connectivity index (χ2v) is 8.69. The van der Waals surface area contributed by atoms with Crippen LogP contribution in [0.25, 0.3) is 0 Å². The van der Waals surface area contributed by atoms with Gasteiger partial charge in [-0.15, -0.1) is 0 Å². The first kappa shape index (κ1) is 20.9. The maximum absolute atomic E-state index is 12.1. The first-order valence-electron chi connectivity index (χ1n) is 10.7. The molecule has 7 nitrogen and oxygen atoms in total. The number of methoxy groups -OCH3 is 1. The summed E-state index contributed by atoms with van der Waals surface area (Å²) >= 11 is 0. The fraction of sp³-hybridized carbons (Fsp3) is 0.565. The zero-order valence-electron chi connectivity index (χ0n) is 18.1. The summed E-state index contributed by atoms with van der Waals surface area (Å²) in [6.07, 6.45) is 5.81. The van der Waals surface area contributed by atoms with E-state index in [0.717, 1.165) is 38.2 Å². The van der Waals surface area contributed by atoms with Crippen molar-refractivity contribution in [3.63, 3.8) is 0 Å². The van der Waals surface area contributed by atoms with Crippen LogP contribution in [0.5, 0.6) is 5.75 Å². The van der Waals surface area contributed by atoms with E-state index in [1.54, 1.807) is 26.1 Å². The third-order valence-electron chi connectivity index (χ3n) is 6.53. The fourth-order valence-corrected chi connectivity index (χ4v) is 4.93. The topological polar surface area (TPSA) is 59.8 Å². The molecule has 162 valence electrons. The average Bonchev–Trinajstić information content (AvgIpc) is 3.40. The number of para-hydroxylation sites is 1. The van der Waals surface area contributed by atoms with Crippen LogP contribution in [0.1, 0.15) is 24.4 Å². The van der Waals surface area contributed by atoms with Gasteiger partial charge in [0.2, 0.25) is 5.91 Å². The van der Waals surface area contributed by atoms with E-state index in [4.69, 9.17) is 9.47 Å². The van der Waals surface area contributed by atoms with Gasteiger partial charge in [-0.25, -0.2) is 0 Å². The zero-order valence-corrected chi connectivity index (χ0v) is 18.1. The SMILES string of the molecule is COc1ccccc1CN1C[C@H]2C[C@H](OCC(=O)N(C)C)[C@@H](n3cccn3)C[C@H]2C1. The minimum Gasteiger partial charge on any atom is -0.496 e. The molecule has 4 rings (SSSR count). The molecule has 2 aromatic rings. The number of hydrogen-bond acceptors (Lipinski definition) is 5. The Morgan fingerprint density at radius 3 is 2.63 bits per heavy atom. The largest absolute Gasteiger partial charge is 0.496 e. The molecule has 2 fully saturated rings. The lowest BCUT2D eigenvalue weighted by Gasteiger charge is -2.38. The molecule has 1 saturated carbocycles. The van der Waals surface area contributed by atoms with Crippen LogP contribution in [0.15, 0.2) is 42.7 Å². The van der Waals surface area contributed by atoms with Crippen molar-refractivity contribution in [1.82, 2.24) is 19.6 Å². The number of likely N-dealkylation sites (N-methyl/N-ethyl adjacent to an activating group) is 1. The maximum Gasteiger partial charge on any atom is 0.248 e. The Bertz CT molecular complexity index is 839. The number of rotatable bonds is 7. The van der Waals surface area contributed by atoms with Gasteiger partial charge in [-0.2, -0.15) is 5.10 Å². The molecule has 0 spiro atoms. The molecule has 1 saturated heterocycles. The predicted octanol–water partition coefficient (Wildman–Crippen LogP) is 2.45. The molecule has 0 bridgehead atoms. The Morgan fingerprint density at radius 2 is 1.93 bits per heavy atom. The van der Waals surface area contributed by atoms with Crippen LogP contribution in [-0.2, 0) is 16.1 Å². The molecule has 7 heteroatoms. The van der Waals surface area contributed by atoms with Gasteiger partial charge in [0.05, 0.1) is 19.3 Å². The molecule has 1 amide bonds. The van der Waals surface area contributed by atoms with Crippen LogP contribution in [0.3, 0.4) is 0 Å². The van der Waals surface area contributed by atoms with Crippen molar-refractivity contribution in [2.24, 2.45) is 11.8 Å². The van der Waals surface area contributed by atoms with E-state index in [1.165, 1.54) is 5.56 Å². The molecule has 0 unspecified atom stereocenters. The van der Waals surface area contributed by atoms with Gasteiger partial charge < -0.3 is 14.4 Å². The maximum atomic E-state index is 12.1. The van der Waals surface area contributed by atoms with Crippen molar-refractivity contribution < 1.29 is 14.3 Å². The van der Waals surface area contributed by atoms with E-state index in [1.807, 2.05) is 35.3 Å². The lowest BCUT2D eigenvalue weighted by molar-refractivity contribution is -0.138. The molecule has 0 N–H and O–H groups in total. The molecule has 1 aliphatic heterocycles. The Hall–Kier alpha value is -2.38. The van der Waals surface area contributed by atoms with Crippen LogP contribution in [-0.4, -0.2) is 72.5 Å². The summed E-state index contributed by atoms with van der Waals surface area (Å²) < 4.78 is 13.7. The highest BCUT2D eigenvalue weighted by atomic mass is 16.5. The van der Waals surface area contributed by atoms with Gasteiger partial charge in [0.15, 0.2) is 0 Å². The number of fused-ring (bicyclic) bond motifs is 1. The normalized spacial score (nSPS) is 26.4. The fourth-order valence-electron chi connectivity index (χ4n) is 4.93. The second-order valence-electron chi connectivity index (χ2n) is 8.69. The molecule has 30 heavy (non-hydrogen) atoms. The number of aromatic nitrogens is 2. The molecule has 1 aliphatic carbocycles. The molecule has 2 aliphatic rings. The van der Waals surface area contributed by atoms with E-state index in [-0.39, 0.29) is 24.7 Å². The summed E-state index contributed by atoms with van der Waals surface area (Å²) in [5.74, 6) is 2.13. The summed E-state index contributed by atoms with van der Waals surface area (Å²) in [5.41, 5.74) is 1.23. The molecular formula is C23H32N4O3. The van der Waals surface area contributed by atoms with Crippen LogP contribution in [0.4, 0.5) is 0 Å². The molecule has 1 aromatic heterocycles. The van der Waals surface area contributed by atoms with E-state index in [2.05, 4.69) is 22.1 Å². The number of carbonyl (C=O) groups is 1. The smallest absolute Gasteiger partial charge is 0.248 e. The van der Waals surface area contributed by atoms with Crippen LogP contribution < -0.4 is 4.74 Å². The minimum atomic E-state index is 0.000518. The van der Waals surface area contributed by atoms with E-state index in [0.29, 0.717) is 11.8 Å². The van der Waals surface area contributed by atoms with Gasteiger partial charge in [0.25, 0.3) is 0 Å². The summed E-state index contributed by atoms with van der Waals surface area (Å²) in [6, 6.07) is 10.4. The quantitative estimate of drug-likeness (QED) is 0.699. The zero-order chi connectivity index (χ0) is 21.1. The van der Waals surface area contributed by atoms with Crippen LogP contribution in [0, 0.1) is 11.8 Å². The highest BCUT2D eigenvalue weighted by molar-refractivity contribution is 5.76. The highest BCUT2D eigenvalue weighted by Crippen LogP contribution is 2.43. The van der Waals surface area contributed by atoms with Gasteiger partial charge in [-0.05, 0) is 36.8 Å². The van der Waals surface area contributed by atoms with Gasteiger partial charge >= 0.3 is 0 Å². The van der Waals surface area contributed by atoms with Gasteiger partial charge in [0, 0.05) is 51.7 Å². The summed E-state index contributed by atoms with van der Waals surface area (Å²) in [6.45, 7) is 3.14. The third-order valence-corrected chi connectivity index (χ3v) is 6.53. The molecule has 1 aromatic carbocycles. The lowest BCUT2D eigenvalue weighted by Crippen LogP contribution is -2.40. The number of nitrogens with zero attached hydrogens (tertiary/aromatic N) is 4. The number of amides is 1. The minimum absolute atomic E-state index is 0.000518. The lowest BCUT2D eigenvalue weighted by atomic mass is 9.77. The molecule has 2 heterocycles. The predicted molar refractivity (Wildman–Crippen MR) is 114 cm³/mol. The van der Waals surface area contributed by atoms with Gasteiger partial charge in [-0.1, -0.05) is 18.2 Å². The van der Waals surface area contributed by atoms with Crippen LogP contribution >= 0.6 is 0 Å². The number of benzene rings is 1. The van der Waals surface area contributed by atoms with Gasteiger partial charge in [-0.3, -0.25) is 14.4 Å². The molecular weight excluding hydrogens is 380 g/mol. The highest BCUT2D eigenvalue weighted by Gasteiger charge is 2.43. The Labute approximate surface area is 178 Å². The van der Waals surface area contributed by atoms with Crippen molar-refractivity contribution in [2.75, 3.05) is 40.9 Å². The average molecular weight is 413 g/mol. The third kappa shape index (κ3) is 4.52. The van der Waals surface area contributed by atoms with Crippen molar-refractivity contribution in [2.45, 2.75) is 31.5 Å². The van der Waals surface area contributed by atoms with E-state index >= 15 is 0 Å². The number of hydrogen-bond donors (Lipinski definition) is 0. The molecule has 4 atom stereocenters. The van der Waals surface area contributed by atoms with Crippen molar-refractivity contribution in [3.05, 3.63) is 48.3 Å². The number of ether oxygens (including phenoxy) is 2. The first-order chi connectivity index (χ1) is 14.5. The van der Waals surface area contributed by atoms with E-state index < -0.39 is 0 Å². The van der Waals surface area contributed by atoms with Crippen LogP contribution in [0.2, 0.25) is 0 Å². The monoisotopic (exact) mass is 412 g/mol. The Kier molecular flexibility index (Phi) is 6.39. The number of likely N-dealkylation sites (tertiary alicyclic amines) is 1.